The van der Waals surface area contributed by atoms with Gasteiger partial charge in [-0.3, -0.25) is 9.59 Å². The Balaban J connectivity index is 1.33. The van der Waals surface area contributed by atoms with E-state index in [2.05, 4.69) is 39.2 Å². The van der Waals surface area contributed by atoms with Crippen LogP contribution in [0.5, 0.6) is 0 Å². The zero-order valence-corrected chi connectivity index (χ0v) is 21.4. The molecular weight excluding hydrogens is 476 g/mol. The van der Waals surface area contributed by atoms with Crippen LogP contribution in [0.3, 0.4) is 0 Å². The topological polar surface area (TPSA) is 90.5 Å². The highest BCUT2D eigenvalue weighted by atomic mass is 16.2. The molecule has 0 radical (unpaired) electrons. The normalized spacial score (nSPS) is 13.3. The van der Waals surface area contributed by atoms with Crippen molar-refractivity contribution in [2.75, 3.05) is 41.7 Å². The fourth-order valence-corrected chi connectivity index (χ4v) is 4.63. The summed E-state index contributed by atoms with van der Waals surface area (Å²) in [6, 6.07) is 21.8. The second-order valence-electron chi connectivity index (χ2n) is 9.10. The lowest BCUT2D eigenvalue weighted by molar-refractivity contribution is -0.131. The van der Waals surface area contributed by atoms with E-state index in [1.165, 1.54) is 6.08 Å². The number of hydrogen-bond acceptors (Lipinski definition) is 6. The molecule has 1 aliphatic heterocycles. The van der Waals surface area contributed by atoms with Crippen LogP contribution >= 0.6 is 0 Å². The second kappa shape index (κ2) is 11.1. The third-order valence-electron chi connectivity index (χ3n) is 6.66. The number of carbonyl (C=O) groups is 2. The first-order chi connectivity index (χ1) is 18.5. The van der Waals surface area contributed by atoms with E-state index in [-0.39, 0.29) is 11.8 Å². The van der Waals surface area contributed by atoms with Gasteiger partial charge in [-0.1, -0.05) is 43.8 Å². The van der Waals surface area contributed by atoms with Crippen LogP contribution in [0.4, 0.5) is 23.0 Å². The van der Waals surface area contributed by atoms with Crippen molar-refractivity contribution in [2.24, 2.45) is 0 Å². The van der Waals surface area contributed by atoms with Crippen LogP contribution in [-0.4, -0.2) is 52.9 Å². The number of fused-ring (bicyclic) bond motifs is 1. The first-order valence-electron chi connectivity index (χ1n) is 12.7. The summed E-state index contributed by atoms with van der Waals surface area (Å²) in [5, 5.41) is 7.05. The van der Waals surface area contributed by atoms with Gasteiger partial charge in [0.05, 0.1) is 5.52 Å². The third kappa shape index (κ3) is 5.49. The molecule has 0 spiro atoms. The van der Waals surface area contributed by atoms with Crippen LogP contribution in [0.15, 0.2) is 85.6 Å². The molecule has 1 aromatic heterocycles. The fraction of sp³-hybridized carbons (Fsp3) is 0.200. The highest BCUT2D eigenvalue weighted by molar-refractivity contribution is 6.00. The highest BCUT2D eigenvalue weighted by Gasteiger charge is 2.20. The number of para-hydroxylation sites is 1. The molecule has 3 aromatic carbocycles. The molecule has 2 N–H and O–H groups in total. The zero-order valence-electron chi connectivity index (χ0n) is 21.4. The lowest BCUT2D eigenvalue weighted by atomic mass is 10.0. The quantitative estimate of drug-likeness (QED) is 0.334. The van der Waals surface area contributed by atoms with Crippen molar-refractivity contribution in [3.63, 3.8) is 0 Å². The standard InChI is InChI=1S/C30H30N6O2/c1-3-27(37)32-24-9-5-7-21(19-24)26-10-6-8-22-20-31-30(34-29(22)26)33-23-11-13-25(14-12-23)35-15-17-36(18-16-35)28(38)4-2/h3,5-14,19-20H,1,4,15-18H2,2H3,(H,32,37)(H,31,33,34). The number of anilines is 4. The zero-order chi connectivity index (χ0) is 26.5. The summed E-state index contributed by atoms with van der Waals surface area (Å²) in [6.45, 7) is 8.58. The minimum Gasteiger partial charge on any atom is -0.368 e. The lowest BCUT2D eigenvalue weighted by Crippen LogP contribution is -2.48. The van der Waals surface area contributed by atoms with Gasteiger partial charge in [-0.15, -0.1) is 0 Å². The van der Waals surface area contributed by atoms with Crippen molar-refractivity contribution in [1.29, 1.82) is 0 Å². The van der Waals surface area contributed by atoms with Crippen LogP contribution in [0.2, 0.25) is 0 Å². The maximum Gasteiger partial charge on any atom is 0.247 e. The van der Waals surface area contributed by atoms with Gasteiger partial charge in [-0.2, -0.15) is 0 Å². The van der Waals surface area contributed by atoms with Gasteiger partial charge in [-0.05, 0) is 48.0 Å². The highest BCUT2D eigenvalue weighted by Crippen LogP contribution is 2.30. The summed E-state index contributed by atoms with van der Waals surface area (Å²) < 4.78 is 0. The Labute approximate surface area is 222 Å². The maximum atomic E-state index is 11.9. The van der Waals surface area contributed by atoms with Crippen LogP contribution in [0.1, 0.15) is 13.3 Å². The predicted octanol–water partition coefficient (Wildman–Crippen LogP) is 5.22. The Morgan fingerprint density at radius 2 is 1.74 bits per heavy atom. The Morgan fingerprint density at radius 1 is 0.974 bits per heavy atom. The van der Waals surface area contributed by atoms with Gasteiger partial charge in [0.1, 0.15) is 0 Å². The number of rotatable bonds is 7. The van der Waals surface area contributed by atoms with Gasteiger partial charge >= 0.3 is 0 Å². The summed E-state index contributed by atoms with van der Waals surface area (Å²) >= 11 is 0. The first-order valence-corrected chi connectivity index (χ1v) is 12.7. The van der Waals surface area contributed by atoms with Crippen molar-refractivity contribution in [1.82, 2.24) is 14.9 Å². The number of piperazine rings is 1. The molecule has 0 bridgehead atoms. The molecule has 192 valence electrons. The van der Waals surface area contributed by atoms with E-state index < -0.39 is 0 Å². The van der Waals surface area contributed by atoms with Gasteiger partial charge in [0, 0.05) is 66.8 Å². The Bertz CT molecular complexity index is 1480. The number of aromatic nitrogens is 2. The van der Waals surface area contributed by atoms with Crippen LogP contribution < -0.4 is 15.5 Å². The van der Waals surface area contributed by atoms with Gasteiger partial charge in [0.2, 0.25) is 17.8 Å². The number of carbonyl (C=O) groups excluding carboxylic acids is 2. The number of nitrogens with one attached hydrogen (secondary N) is 2. The molecule has 1 aliphatic rings. The van der Waals surface area contributed by atoms with Crippen molar-refractivity contribution in [3.8, 4) is 11.1 Å². The predicted molar refractivity (Wildman–Crippen MR) is 153 cm³/mol. The van der Waals surface area contributed by atoms with E-state index in [1.807, 2.05) is 72.6 Å². The Kier molecular flexibility index (Phi) is 7.31. The van der Waals surface area contributed by atoms with Gasteiger partial charge in [-0.25, -0.2) is 9.97 Å². The number of nitrogens with zero attached hydrogens (tertiary/aromatic N) is 4. The minimum atomic E-state index is -0.256. The van der Waals surface area contributed by atoms with Crippen molar-refractivity contribution < 1.29 is 9.59 Å². The average Bonchev–Trinajstić information content (AvgIpc) is 2.97. The summed E-state index contributed by atoms with van der Waals surface area (Å²) in [6.07, 6.45) is 3.61. The van der Waals surface area contributed by atoms with Gasteiger partial charge < -0.3 is 20.4 Å². The minimum absolute atomic E-state index is 0.218. The molecule has 8 nitrogen and oxygen atoms in total. The number of benzene rings is 3. The SMILES string of the molecule is C=CC(=O)Nc1cccc(-c2cccc3cnc(Nc4ccc(N5CCN(C(=O)CC)CC5)cc4)nc23)c1. The van der Waals surface area contributed by atoms with Crippen molar-refractivity contribution >= 4 is 45.7 Å². The molecule has 0 saturated carbocycles. The molecule has 8 heteroatoms. The number of hydrogen-bond donors (Lipinski definition) is 2. The number of amides is 2. The molecule has 0 atom stereocenters. The van der Waals surface area contributed by atoms with E-state index in [4.69, 9.17) is 4.98 Å². The molecule has 1 saturated heterocycles. The molecule has 38 heavy (non-hydrogen) atoms. The van der Waals surface area contributed by atoms with E-state index in [9.17, 15) is 9.59 Å². The van der Waals surface area contributed by atoms with Crippen molar-refractivity contribution in [2.45, 2.75) is 13.3 Å². The molecule has 2 heterocycles. The van der Waals surface area contributed by atoms with Crippen LogP contribution in [0, 0.1) is 0 Å². The molecule has 1 fully saturated rings. The van der Waals surface area contributed by atoms with Crippen LogP contribution in [-0.2, 0) is 9.59 Å². The second-order valence-corrected chi connectivity index (χ2v) is 9.10. The van der Waals surface area contributed by atoms with E-state index in [0.717, 1.165) is 59.6 Å². The van der Waals surface area contributed by atoms with E-state index >= 15 is 0 Å². The average molecular weight is 507 g/mol. The monoisotopic (exact) mass is 506 g/mol. The lowest BCUT2D eigenvalue weighted by Gasteiger charge is -2.36. The van der Waals surface area contributed by atoms with E-state index in [0.29, 0.717) is 18.1 Å². The Hall–Kier alpha value is -4.72. The molecule has 2 amide bonds. The van der Waals surface area contributed by atoms with E-state index in [1.54, 1.807) is 0 Å². The molecule has 5 rings (SSSR count). The molecule has 0 aliphatic carbocycles. The first kappa shape index (κ1) is 25.0. The largest absolute Gasteiger partial charge is 0.368 e. The Morgan fingerprint density at radius 3 is 2.47 bits per heavy atom. The van der Waals surface area contributed by atoms with Crippen LogP contribution in [0.25, 0.3) is 22.0 Å². The third-order valence-corrected chi connectivity index (χ3v) is 6.66. The summed E-state index contributed by atoms with van der Waals surface area (Å²) in [7, 11) is 0. The molecular formula is C30H30N6O2. The van der Waals surface area contributed by atoms with Gasteiger partial charge in [0.25, 0.3) is 0 Å². The van der Waals surface area contributed by atoms with Crippen molar-refractivity contribution in [3.05, 3.63) is 85.6 Å². The molecule has 0 unspecified atom stereocenters. The van der Waals surface area contributed by atoms with Gasteiger partial charge in [0.15, 0.2) is 0 Å². The maximum absolute atomic E-state index is 11.9. The summed E-state index contributed by atoms with van der Waals surface area (Å²) in [5.74, 6) is 0.462. The molecule has 4 aromatic rings. The fourth-order valence-electron chi connectivity index (χ4n) is 4.63. The smallest absolute Gasteiger partial charge is 0.247 e. The summed E-state index contributed by atoms with van der Waals surface area (Å²) in [4.78, 5) is 37.3. The summed E-state index contributed by atoms with van der Waals surface area (Å²) in [5.41, 5.74) is 5.40.